The third-order valence-electron chi connectivity index (χ3n) is 4.56. The summed E-state index contributed by atoms with van der Waals surface area (Å²) < 4.78 is 17.0. The molecule has 134 valence electrons. The fraction of sp³-hybridized carbons (Fsp3) is 0.667. The molecule has 2 aliphatic rings. The Bertz CT molecular complexity index is 492. The van der Waals surface area contributed by atoms with Crippen LogP contribution in [0.15, 0.2) is 24.3 Å². The number of aliphatic hydroxyl groups excluding tert-OH is 1. The Morgan fingerprint density at radius 1 is 1.21 bits per heavy atom. The predicted octanol–water partition coefficient (Wildman–Crippen LogP) is 2.44. The number of benzene rings is 1. The van der Waals surface area contributed by atoms with Crippen molar-refractivity contribution in [3.63, 3.8) is 0 Å². The van der Waals surface area contributed by atoms with Crippen molar-refractivity contribution in [2.45, 2.75) is 44.3 Å². The highest BCUT2D eigenvalue weighted by Crippen LogP contribution is 2.24. The van der Waals surface area contributed by atoms with Crippen molar-refractivity contribution in [2.24, 2.45) is 0 Å². The smallest absolute Gasteiger partial charge is 0.173 e. The van der Waals surface area contributed by atoms with Crippen LogP contribution in [0.1, 0.15) is 24.8 Å². The number of β-amino-alcohol motifs (C(OH)–C–C–N with tert-alkyl or cyclic N) is 1. The molecular weight excluding hydrogens is 330 g/mol. The lowest BCUT2D eigenvalue weighted by atomic mass is 10.0. The summed E-state index contributed by atoms with van der Waals surface area (Å²) in [7, 11) is 0. The molecule has 2 unspecified atom stereocenters. The first-order valence-corrected chi connectivity index (χ1v) is 9.07. The summed E-state index contributed by atoms with van der Waals surface area (Å²) in [6.07, 6.45) is 2.74. The van der Waals surface area contributed by atoms with E-state index in [1.54, 1.807) is 0 Å². The third kappa shape index (κ3) is 5.15. The van der Waals surface area contributed by atoms with Gasteiger partial charge >= 0.3 is 0 Å². The highest BCUT2D eigenvalue weighted by atomic mass is 35.5. The molecule has 0 amide bonds. The molecule has 0 aliphatic carbocycles. The lowest BCUT2D eigenvalue weighted by molar-refractivity contribution is -0.117. The van der Waals surface area contributed by atoms with Gasteiger partial charge in [-0.15, -0.1) is 0 Å². The van der Waals surface area contributed by atoms with Gasteiger partial charge in [0.2, 0.25) is 0 Å². The monoisotopic (exact) mass is 355 g/mol. The Morgan fingerprint density at radius 2 is 1.96 bits per heavy atom. The van der Waals surface area contributed by atoms with Gasteiger partial charge in [0, 0.05) is 11.6 Å². The first-order chi connectivity index (χ1) is 11.7. The standard InChI is InChI=1S/C18H26ClNO4/c19-15-6-4-14(5-7-15)12-22-13-16(21)11-20-8-2-1-3-17(20)18-23-9-10-24-18/h4-7,16-18,21H,1-3,8-13H2. The lowest BCUT2D eigenvalue weighted by Gasteiger charge is -2.38. The van der Waals surface area contributed by atoms with Gasteiger partial charge in [-0.25, -0.2) is 0 Å². The lowest BCUT2D eigenvalue weighted by Crippen LogP contribution is -2.50. The topological polar surface area (TPSA) is 51.2 Å². The molecule has 3 rings (SSSR count). The number of piperidine rings is 1. The number of halogens is 1. The Kier molecular flexibility index (Phi) is 6.89. The van der Waals surface area contributed by atoms with E-state index >= 15 is 0 Å². The zero-order valence-electron chi connectivity index (χ0n) is 13.9. The third-order valence-corrected chi connectivity index (χ3v) is 4.82. The number of hydrogen-bond acceptors (Lipinski definition) is 5. The molecule has 2 fully saturated rings. The van der Waals surface area contributed by atoms with Crippen molar-refractivity contribution in [1.29, 1.82) is 0 Å². The molecule has 6 heteroatoms. The van der Waals surface area contributed by atoms with E-state index < -0.39 is 6.10 Å². The summed E-state index contributed by atoms with van der Waals surface area (Å²) in [5.41, 5.74) is 1.05. The Balaban J connectivity index is 1.42. The van der Waals surface area contributed by atoms with Crippen LogP contribution >= 0.6 is 11.6 Å². The number of nitrogens with zero attached hydrogens (tertiary/aromatic N) is 1. The molecule has 2 saturated heterocycles. The SMILES string of the molecule is OC(COCc1ccc(Cl)cc1)CN1CCCCC1C1OCCO1. The Labute approximate surface area is 148 Å². The second kappa shape index (κ2) is 9.13. The van der Waals surface area contributed by atoms with Crippen LogP contribution in [-0.4, -0.2) is 61.4 Å². The van der Waals surface area contributed by atoms with Gasteiger partial charge in [-0.1, -0.05) is 30.2 Å². The maximum Gasteiger partial charge on any atom is 0.173 e. The van der Waals surface area contributed by atoms with Crippen LogP contribution in [0.4, 0.5) is 0 Å². The van der Waals surface area contributed by atoms with Gasteiger partial charge in [0.25, 0.3) is 0 Å². The summed E-state index contributed by atoms with van der Waals surface area (Å²) >= 11 is 5.87. The molecule has 0 radical (unpaired) electrons. The Hall–Kier alpha value is -0.690. The van der Waals surface area contributed by atoms with Crippen molar-refractivity contribution < 1.29 is 19.3 Å². The van der Waals surface area contributed by atoms with E-state index in [1.807, 2.05) is 24.3 Å². The minimum Gasteiger partial charge on any atom is -0.389 e. The van der Waals surface area contributed by atoms with Crippen LogP contribution in [0.5, 0.6) is 0 Å². The van der Waals surface area contributed by atoms with Gasteiger partial charge < -0.3 is 19.3 Å². The van der Waals surface area contributed by atoms with E-state index in [0.717, 1.165) is 24.9 Å². The zero-order chi connectivity index (χ0) is 16.8. The van der Waals surface area contributed by atoms with Crippen molar-refractivity contribution >= 4 is 11.6 Å². The van der Waals surface area contributed by atoms with Crippen LogP contribution in [0.2, 0.25) is 5.02 Å². The fourth-order valence-corrected chi connectivity index (χ4v) is 3.49. The molecule has 1 aromatic rings. The average Bonchev–Trinajstić information content (AvgIpc) is 3.11. The largest absolute Gasteiger partial charge is 0.389 e. The molecule has 0 saturated carbocycles. The highest BCUT2D eigenvalue weighted by molar-refractivity contribution is 6.30. The number of aliphatic hydroxyl groups is 1. The summed E-state index contributed by atoms with van der Waals surface area (Å²) in [6, 6.07) is 7.80. The van der Waals surface area contributed by atoms with E-state index in [2.05, 4.69) is 4.90 Å². The van der Waals surface area contributed by atoms with Crippen LogP contribution in [0.3, 0.4) is 0 Å². The van der Waals surface area contributed by atoms with Crippen molar-refractivity contribution in [1.82, 2.24) is 4.90 Å². The van der Waals surface area contributed by atoms with Gasteiger partial charge in [0.05, 0.1) is 38.6 Å². The summed E-state index contributed by atoms with van der Waals surface area (Å²) in [4.78, 5) is 2.29. The Morgan fingerprint density at radius 3 is 2.71 bits per heavy atom. The zero-order valence-corrected chi connectivity index (χ0v) is 14.7. The van der Waals surface area contributed by atoms with Crippen molar-refractivity contribution in [3.8, 4) is 0 Å². The first kappa shape index (κ1) is 18.1. The van der Waals surface area contributed by atoms with Crippen molar-refractivity contribution in [2.75, 3.05) is 32.9 Å². The summed E-state index contributed by atoms with van der Waals surface area (Å²) in [5.74, 6) is 0. The number of likely N-dealkylation sites (tertiary alicyclic amines) is 1. The molecule has 2 heterocycles. The number of rotatable bonds is 7. The second-order valence-electron chi connectivity index (χ2n) is 6.46. The van der Waals surface area contributed by atoms with Crippen LogP contribution in [0, 0.1) is 0 Å². The van der Waals surface area contributed by atoms with E-state index in [4.69, 9.17) is 25.8 Å². The molecule has 0 spiro atoms. The van der Waals surface area contributed by atoms with E-state index in [9.17, 15) is 5.11 Å². The normalized spacial score (nSPS) is 24.3. The summed E-state index contributed by atoms with van der Waals surface area (Å²) in [6.45, 7) is 3.70. The van der Waals surface area contributed by atoms with Gasteiger partial charge in [0.1, 0.15) is 0 Å². The highest BCUT2D eigenvalue weighted by Gasteiger charge is 2.34. The van der Waals surface area contributed by atoms with Gasteiger partial charge in [-0.05, 0) is 37.1 Å². The van der Waals surface area contributed by atoms with Crippen molar-refractivity contribution in [3.05, 3.63) is 34.9 Å². The van der Waals surface area contributed by atoms with E-state index in [0.29, 0.717) is 38.0 Å². The molecule has 5 nitrogen and oxygen atoms in total. The maximum atomic E-state index is 10.3. The predicted molar refractivity (Wildman–Crippen MR) is 92.0 cm³/mol. The van der Waals surface area contributed by atoms with E-state index in [1.165, 1.54) is 6.42 Å². The quantitative estimate of drug-likeness (QED) is 0.814. The maximum absolute atomic E-state index is 10.3. The average molecular weight is 356 g/mol. The molecule has 0 aromatic heterocycles. The molecule has 2 atom stereocenters. The number of hydrogen-bond donors (Lipinski definition) is 1. The number of ether oxygens (including phenoxy) is 3. The van der Waals surface area contributed by atoms with Gasteiger partial charge in [-0.2, -0.15) is 0 Å². The molecular formula is C18H26ClNO4. The summed E-state index contributed by atoms with van der Waals surface area (Å²) in [5, 5.41) is 11.0. The van der Waals surface area contributed by atoms with Gasteiger partial charge in [0.15, 0.2) is 6.29 Å². The van der Waals surface area contributed by atoms with Crippen LogP contribution in [-0.2, 0) is 20.8 Å². The second-order valence-corrected chi connectivity index (χ2v) is 6.90. The van der Waals surface area contributed by atoms with Crippen LogP contribution < -0.4 is 0 Å². The first-order valence-electron chi connectivity index (χ1n) is 8.70. The van der Waals surface area contributed by atoms with E-state index in [-0.39, 0.29) is 12.3 Å². The van der Waals surface area contributed by atoms with Crippen LogP contribution in [0.25, 0.3) is 0 Å². The fourth-order valence-electron chi connectivity index (χ4n) is 3.37. The molecule has 0 bridgehead atoms. The minimum absolute atomic E-state index is 0.146. The van der Waals surface area contributed by atoms with Gasteiger partial charge in [-0.3, -0.25) is 4.90 Å². The minimum atomic E-state index is -0.515. The molecule has 1 N–H and O–H groups in total. The molecule has 24 heavy (non-hydrogen) atoms. The molecule has 1 aromatic carbocycles. The molecule has 2 aliphatic heterocycles.